The number of rotatable bonds is 4. The minimum Gasteiger partial charge on any atom is -0.465 e. The van der Waals surface area contributed by atoms with Gasteiger partial charge in [-0.05, 0) is 42.5 Å². The fourth-order valence-electron chi connectivity index (χ4n) is 1.25. The Balaban J connectivity index is 1.83. The molecule has 5 heteroatoms. The monoisotopic (exact) mass is 246 g/mol. The van der Waals surface area contributed by atoms with Gasteiger partial charge in [0.25, 0.3) is 5.91 Å². The van der Waals surface area contributed by atoms with Gasteiger partial charge in [0.2, 0.25) is 0 Å². The van der Waals surface area contributed by atoms with Gasteiger partial charge in [-0.15, -0.1) is 0 Å². The van der Waals surface area contributed by atoms with Crippen molar-refractivity contribution < 1.29 is 13.6 Å². The van der Waals surface area contributed by atoms with Crippen molar-refractivity contribution >= 4 is 17.7 Å². The van der Waals surface area contributed by atoms with E-state index in [0.717, 1.165) is 0 Å². The second kappa shape index (κ2) is 5.67. The van der Waals surface area contributed by atoms with Crippen molar-refractivity contribution in [3.63, 3.8) is 0 Å². The average Bonchev–Trinajstić information content (AvgIpc) is 2.89. The summed E-state index contributed by atoms with van der Waals surface area (Å²) in [7, 11) is 0. The molecule has 0 bridgehead atoms. The van der Waals surface area contributed by atoms with Crippen molar-refractivity contribution in [2.24, 2.45) is 0 Å². The van der Waals surface area contributed by atoms with Crippen molar-refractivity contribution in [3.05, 3.63) is 60.3 Å². The van der Waals surface area contributed by atoms with E-state index in [-0.39, 0.29) is 11.7 Å². The van der Waals surface area contributed by atoms with Gasteiger partial charge in [-0.25, -0.2) is 4.39 Å². The van der Waals surface area contributed by atoms with Crippen LogP contribution in [0.15, 0.2) is 53.2 Å². The molecule has 1 amide bonds. The lowest BCUT2D eigenvalue weighted by atomic mass is 10.3. The van der Waals surface area contributed by atoms with Crippen molar-refractivity contribution in [3.8, 4) is 0 Å². The SMILES string of the molecule is O=C(/C=C/c1ccco1)NNc1ccc(F)cc1. The molecule has 0 aliphatic rings. The predicted molar refractivity (Wildman–Crippen MR) is 65.9 cm³/mol. The van der Waals surface area contributed by atoms with E-state index in [0.29, 0.717) is 11.4 Å². The smallest absolute Gasteiger partial charge is 0.262 e. The zero-order chi connectivity index (χ0) is 12.8. The van der Waals surface area contributed by atoms with Crippen molar-refractivity contribution in [2.45, 2.75) is 0 Å². The first-order valence-corrected chi connectivity index (χ1v) is 5.27. The molecule has 2 rings (SSSR count). The first-order chi connectivity index (χ1) is 8.74. The highest BCUT2D eigenvalue weighted by molar-refractivity contribution is 5.92. The van der Waals surface area contributed by atoms with E-state index in [2.05, 4.69) is 10.9 Å². The summed E-state index contributed by atoms with van der Waals surface area (Å²) in [4.78, 5) is 11.4. The van der Waals surface area contributed by atoms with Crippen LogP contribution >= 0.6 is 0 Å². The molecule has 1 aromatic carbocycles. The molecule has 4 nitrogen and oxygen atoms in total. The van der Waals surface area contributed by atoms with Gasteiger partial charge < -0.3 is 4.42 Å². The molecule has 0 atom stereocenters. The van der Waals surface area contributed by atoms with Gasteiger partial charge in [0.15, 0.2) is 0 Å². The summed E-state index contributed by atoms with van der Waals surface area (Å²) in [6, 6.07) is 9.10. The topological polar surface area (TPSA) is 54.3 Å². The predicted octanol–water partition coefficient (Wildman–Crippen LogP) is 2.58. The maximum Gasteiger partial charge on any atom is 0.262 e. The van der Waals surface area contributed by atoms with Crippen molar-refractivity contribution in [1.29, 1.82) is 0 Å². The van der Waals surface area contributed by atoms with Crippen LogP contribution in [0.2, 0.25) is 0 Å². The third kappa shape index (κ3) is 3.48. The van der Waals surface area contributed by atoms with E-state index in [1.165, 1.54) is 36.6 Å². The van der Waals surface area contributed by atoms with Crippen LogP contribution in [0.4, 0.5) is 10.1 Å². The Bertz CT molecular complexity index is 533. The third-order valence-corrected chi connectivity index (χ3v) is 2.12. The van der Waals surface area contributed by atoms with Crippen LogP contribution in [0.3, 0.4) is 0 Å². The molecule has 0 aliphatic heterocycles. The molecule has 0 fully saturated rings. The lowest BCUT2D eigenvalue weighted by Crippen LogP contribution is -2.27. The number of carbonyl (C=O) groups excluding carboxylic acids is 1. The standard InChI is InChI=1S/C13H11FN2O2/c14-10-3-5-11(6-4-10)15-16-13(17)8-7-12-2-1-9-18-12/h1-9,15H,(H,16,17)/b8-7+. The first kappa shape index (κ1) is 11.9. The minimum absolute atomic E-state index is 0.329. The highest BCUT2D eigenvalue weighted by Gasteiger charge is 1.96. The van der Waals surface area contributed by atoms with E-state index in [4.69, 9.17) is 4.42 Å². The summed E-state index contributed by atoms with van der Waals surface area (Å²) < 4.78 is 17.7. The zero-order valence-corrected chi connectivity index (χ0v) is 9.39. The second-order valence-electron chi connectivity index (χ2n) is 3.47. The normalized spacial score (nSPS) is 10.5. The van der Waals surface area contributed by atoms with Gasteiger partial charge in [-0.2, -0.15) is 0 Å². The third-order valence-electron chi connectivity index (χ3n) is 2.12. The summed E-state index contributed by atoms with van der Waals surface area (Å²) in [5.74, 6) is -0.0766. The van der Waals surface area contributed by atoms with E-state index < -0.39 is 0 Å². The number of benzene rings is 1. The molecule has 0 radical (unpaired) electrons. The molecular formula is C13H11FN2O2. The number of furan rings is 1. The molecule has 0 unspecified atom stereocenters. The second-order valence-corrected chi connectivity index (χ2v) is 3.47. The highest BCUT2D eigenvalue weighted by Crippen LogP contribution is 2.06. The van der Waals surface area contributed by atoms with Crippen molar-refractivity contribution in [2.75, 3.05) is 5.43 Å². The Morgan fingerprint density at radius 2 is 2.00 bits per heavy atom. The summed E-state index contributed by atoms with van der Waals surface area (Å²) >= 11 is 0. The summed E-state index contributed by atoms with van der Waals surface area (Å²) in [6.45, 7) is 0. The molecule has 2 N–H and O–H groups in total. The van der Waals surface area contributed by atoms with E-state index in [1.54, 1.807) is 18.2 Å². The number of hydrogen-bond acceptors (Lipinski definition) is 3. The lowest BCUT2D eigenvalue weighted by molar-refractivity contribution is -0.116. The number of carbonyl (C=O) groups is 1. The average molecular weight is 246 g/mol. The molecule has 2 aromatic rings. The van der Waals surface area contributed by atoms with E-state index in [9.17, 15) is 9.18 Å². The van der Waals surface area contributed by atoms with Crippen LogP contribution in [0.5, 0.6) is 0 Å². The Morgan fingerprint density at radius 1 is 1.22 bits per heavy atom. The molecule has 0 spiro atoms. The van der Waals surface area contributed by atoms with Gasteiger partial charge in [0.05, 0.1) is 12.0 Å². The van der Waals surface area contributed by atoms with E-state index in [1.807, 2.05) is 0 Å². The Morgan fingerprint density at radius 3 is 2.67 bits per heavy atom. The molecule has 1 aromatic heterocycles. The number of amides is 1. The largest absolute Gasteiger partial charge is 0.465 e. The van der Waals surface area contributed by atoms with Crippen LogP contribution in [-0.4, -0.2) is 5.91 Å². The van der Waals surface area contributed by atoms with Crippen LogP contribution in [0.25, 0.3) is 6.08 Å². The van der Waals surface area contributed by atoms with Crippen LogP contribution in [0.1, 0.15) is 5.76 Å². The van der Waals surface area contributed by atoms with Gasteiger partial charge in [0, 0.05) is 6.08 Å². The maximum absolute atomic E-state index is 12.6. The number of nitrogens with one attached hydrogen (secondary N) is 2. The van der Waals surface area contributed by atoms with Gasteiger partial charge in [0.1, 0.15) is 11.6 Å². The van der Waals surface area contributed by atoms with Gasteiger partial charge in [-0.1, -0.05) is 0 Å². The number of anilines is 1. The van der Waals surface area contributed by atoms with Gasteiger partial charge in [-0.3, -0.25) is 15.6 Å². The Kier molecular flexibility index (Phi) is 3.76. The molecule has 1 heterocycles. The fraction of sp³-hybridized carbons (Fsp3) is 0. The van der Waals surface area contributed by atoms with Crippen LogP contribution in [-0.2, 0) is 4.79 Å². The minimum atomic E-state index is -0.337. The summed E-state index contributed by atoms with van der Waals surface area (Å²) in [5.41, 5.74) is 5.69. The molecule has 0 saturated carbocycles. The maximum atomic E-state index is 12.6. The fourth-order valence-corrected chi connectivity index (χ4v) is 1.25. The Labute approximate surface area is 103 Å². The summed E-state index contributed by atoms with van der Waals surface area (Å²) in [5, 5.41) is 0. The molecular weight excluding hydrogens is 235 g/mol. The molecule has 18 heavy (non-hydrogen) atoms. The number of halogens is 1. The van der Waals surface area contributed by atoms with Crippen molar-refractivity contribution in [1.82, 2.24) is 5.43 Å². The van der Waals surface area contributed by atoms with Crippen LogP contribution in [0, 0.1) is 5.82 Å². The number of hydrazine groups is 1. The number of hydrogen-bond donors (Lipinski definition) is 2. The zero-order valence-electron chi connectivity index (χ0n) is 9.39. The highest BCUT2D eigenvalue weighted by atomic mass is 19.1. The molecule has 92 valence electrons. The summed E-state index contributed by atoms with van der Waals surface area (Å²) in [6.07, 6.45) is 4.39. The van der Waals surface area contributed by atoms with E-state index >= 15 is 0 Å². The molecule has 0 aliphatic carbocycles. The Hall–Kier alpha value is -2.56. The quantitative estimate of drug-likeness (QED) is 0.644. The first-order valence-electron chi connectivity index (χ1n) is 5.27. The van der Waals surface area contributed by atoms with Crippen LogP contribution < -0.4 is 10.9 Å². The molecule has 0 saturated heterocycles. The lowest BCUT2D eigenvalue weighted by Gasteiger charge is -2.05. The van der Waals surface area contributed by atoms with Gasteiger partial charge >= 0.3 is 0 Å².